The summed E-state index contributed by atoms with van der Waals surface area (Å²) in [4.78, 5) is 15.6. The zero-order valence-electron chi connectivity index (χ0n) is 27.7. The van der Waals surface area contributed by atoms with Gasteiger partial charge in [-0.05, 0) is 69.1 Å². The molecule has 0 fully saturated rings. The Labute approximate surface area is 302 Å². The van der Waals surface area contributed by atoms with Gasteiger partial charge in [-0.3, -0.25) is 0 Å². The van der Waals surface area contributed by atoms with E-state index in [-0.39, 0.29) is 0 Å². The first-order chi connectivity index (χ1) is 25.7. The summed E-state index contributed by atoms with van der Waals surface area (Å²) in [7, 11) is 0. The second kappa shape index (κ2) is 11.4. The normalized spacial score (nSPS) is 11.8. The van der Waals surface area contributed by atoms with Crippen LogP contribution in [0, 0.1) is 0 Å². The maximum absolute atomic E-state index is 6.64. The van der Waals surface area contributed by atoms with Crippen molar-refractivity contribution in [2.75, 3.05) is 0 Å². The highest BCUT2D eigenvalue weighted by Gasteiger charge is 2.21. The topological polar surface area (TPSA) is 51.8 Å². The molecule has 0 radical (unpaired) electrons. The average Bonchev–Trinajstić information content (AvgIpc) is 3.79. The fourth-order valence-electron chi connectivity index (χ4n) is 7.63. The summed E-state index contributed by atoms with van der Waals surface area (Å²) in [6.07, 6.45) is 0. The Hall–Kier alpha value is -6.69. The summed E-state index contributed by atoms with van der Waals surface area (Å²) in [5.41, 5.74) is 6.72. The third-order valence-electron chi connectivity index (χ3n) is 10.1. The molecule has 0 spiro atoms. The summed E-state index contributed by atoms with van der Waals surface area (Å²) < 4.78 is 9.05. The third kappa shape index (κ3) is 4.57. The van der Waals surface area contributed by atoms with Gasteiger partial charge in [0.1, 0.15) is 11.2 Å². The minimum Gasteiger partial charge on any atom is -0.455 e. The van der Waals surface area contributed by atoms with E-state index in [1.807, 2.05) is 30.3 Å². The zero-order valence-corrected chi connectivity index (χ0v) is 28.6. The van der Waals surface area contributed by atoms with Crippen LogP contribution >= 0.6 is 11.3 Å². The Morgan fingerprint density at radius 2 is 1.08 bits per heavy atom. The van der Waals surface area contributed by atoms with E-state index in [0.29, 0.717) is 17.5 Å². The number of furan rings is 1. The van der Waals surface area contributed by atoms with Crippen LogP contribution in [-0.2, 0) is 0 Å². The lowest BCUT2D eigenvalue weighted by Crippen LogP contribution is -2.00. The third-order valence-corrected chi connectivity index (χ3v) is 11.2. The minimum absolute atomic E-state index is 0.576. The molecular formula is C47H27N3OS. The second-order valence-electron chi connectivity index (χ2n) is 13.2. The fraction of sp³-hybridized carbons (Fsp3) is 0. The Balaban J connectivity index is 1.18. The molecule has 0 aliphatic rings. The molecule has 0 bridgehead atoms. The molecule has 0 aliphatic carbocycles. The van der Waals surface area contributed by atoms with Crippen molar-refractivity contribution in [1.82, 2.24) is 15.0 Å². The van der Waals surface area contributed by atoms with E-state index in [1.165, 1.54) is 36.7 Å². The summed E-state index contributed by atoms with van der Waals surface area (Å²) in [6.45, 7) is 0. The molecule has 5 heteroatoms. The first-order valence-corrected chi connectivity index (χ1v) is 18.2. The van der Waals surface area contributed by atoms with Crippen LogP contribution in [0.1, 0.15) is 0 Å². The highest BCUT2D eigenvalue weighted by atomic mass is 32.1. The van der Waals surface area contributed by atoms with E-state index in [0.717, 1.165) is 54.8 Å². The summed E-state index contributed by atoms with van der Waals surface area (Å²) in [5.74, 6) is 1.82. The average molecular weight is 682 g/mol. The first-order valence-electron chi connectivity index (χ1n) is 17.3. The SMILES string of the molecule is c1ccc(-c2nc(-c3cc4ccccc4c4c3oc3ccccc34)nc(-c3cccc4sc5ccc(-c6ccc7ccccc7c6)cc5c34)n2)cc1. The highest BCUT2D eigenvalue weighted by molar-refractivity contribution is 7.26. The molecule has 4 nitrogen and oxygen atoms in total. The maximum atomic E-state index is 6.64. The van der Waals surface area contributed by atoms with Gasteiger partial charge in [-0.2, -0.15) is 0 Å². The van der Waals surface area contributed by atoms with E-state index in [2.05, 4.69) is 133 Å². The lowest BCUT2D eigenvalue weighted by Gasteiger charge is -2.11. The van der Waals surface area contributed by atoms with Crippen molar-refractivity contribution in [2.24, 2.45) is 0 Å². The molecule has 3 aromatic heterocycles. The van der Waals surface area contributed by atoms with Gasteiger partial charge < -0.3 is 4.42 Å². The van der Waals surface area contributed by atoms with Crippen LogP contribution in [0.15, 0.2) is 168 Å². The monoisotopic (exact) mass is 681 g/mol. The van der Waals surface area contributed by atoms with Gasteiger partial charge in [0.2, 0.25) is 0 Å². The van der Waals surface area contributed by atoms with Crippen molar-refractivity contribution >= 4 is 75.0 Å². The molecule has 11 aromatic rings. The van der Waals surface area contributed by atoms with Gasteiger partial charge in [0, 0.05) is 42.1 Å². The molecule has 3 heterocycles. The number of hydrogen-bond donors (Lipinski definition) is 0. The molecule has 0 saturated heterocycles. The summed E-state index contributed by atoms with van der Waals surface area (Å²) >= 11 is 1.80. The lowest BCUT2D eigenvalue weighted by atomic mass is 9.98. The van der Waals surface area contributed by atoms with E-state index in [9.17, 15) is 0 Å². The lowest BCUT2D eigenvalue weighted by molar-refractivity contribution is 0.670. The summed E-state index contributed by atoms with van der Waals surface area (Å²) in [5, 5.41) is 9.19. The van der Waals surface area contributed by atoms with Crippen LogP contribution in [0.25, 0.3) is 109 Å². The van der Waals surface area contributed by atoms with Gasteiger partial charge in [0.25, 0.3) is 0 Å². The largest absolute Gasteiger partial charge is 0.455 e. The van der Waals surface area contributed by atoms with Crippen LogP contribution in [0.3, 0.4) is 0 Å². The van der Waals surface area contributed by atoms with Crippen molar-refractivity contribution in [3.05, 3.63) is 164 Å². The Morgan fingerprint density at radius 3 is 1.96 bits per heavy atom. The molecule has 0 saturated carbocycles. The van der Waals surface area contributed by atoms with Crippen LogP contribution in [0.2, 0.25) is 0 Å². The number of hydrogen-bond acceptors (Lipinski definition) is 5. The minimum atomic E-state index is 0.576. The molecule has 0 N–H and O–H groups in total. The van der Waals surface area contributed by atoms with E-state index in [1.54, 1.807) is 11.3 Å². The zero-order chi connectivity index (χ0) is 34.2. The van der Waals surface area contributed by atoms with Crippen molar-refractivity contribution < 1.29 is 4.42 Å². The number of para-hydroxylation sites is 1. The Bertz CT molecular complexity index is 3200. The molecule has 242 valence electrons. The standard InChI is InChI=1S/C47H27N3OS/c1-2-12-29(13-3-1)45-48-46(50-47(49-45)38-27-33-15-6-7-16-34(33)43-35-17-8-9-19-39(35)51-44(38)43)36-18-10-20-41-42(36)37-26-32(23-24-40(37)52-41)31-22-21-28-11-4-5-14-30(28)25-31/h1-27H. The number of aromatic nitrogens is 3. The Kier molecular flexibility index (Phi) is 6.39. The predicted molar refractivity (Wildman–Crippen MR) is 217 cm³/mol. The van der Waals surface area contributed by atoms with Gasteiger partial charge in [-0.1, -0.05) is 127 Å². The molecular weight excluding hydrogens is 655 g/mol. The smallest absolute Gasteiger partial charge is 0.167 e. The van der Waals surface area contributed by atoms with E-state index in [4.69, 9.17) is 19.4 Å². The molecule has 0 unspecified atom stereocenters. The van der Waals surface area contributed by atoms with Crippen molar-refractivity contribution in [3.63, 3.8) is 0 Å². The van der Waals surface area contributed by atoms with Gasteiger partial charge in [-0.15, -0.1) is 11.3 Å². The molecule has 52 heavy (non-hydrogen) atoms. The van der Waals surface area contributed by atoms with Gasteiger partial charge in [-0.25, -0.2) is 15.0 Å². The van der Waals surface area contributed by atoms with E-state index < -0.39 is 0 Å². The predicted octanol–water partition coefficient (Wildman–Crippen LogP) is 13.1. The van der Waals surface area contributed by atoms with Crippen LogP contribution in [-0.4, -0.2) is 15.0 Å². The molecule has 8 aromatic carbocycles. The van der Waals surface area contributed by atoms with Gasteiger partial charge in [0.05, 0.1) is 5.56 Å². The van der Waals surface area contributed by atoms with Crippen LogP contribution in [0.5, 0.6) is 0 Å². The van der Waals surface area contributed by atoms with Crippen molar-refractivity contribution in [2.45, 2.75) is 0 Å². The number of thiophene rings is 1. The fourth-order valence-corrected chi connectivity index (χ4v) is 8.75. The molecule has 0 atom stereocenters. The van der Waals surface area contributed by atoms with Crippen molar-refractivity contribution in [3.8, 4) is 45.3 Å². The quantitative estimate of drug-likeness (QED) is 0.185. The van der Waals surface area contributed by atoms with Gasteiger partial charge in [0.15, 0.2) is 17.5 Å². The van der Waals surface area contributed by atoms with Crippen molar-refractivity contribution in [1.29, 1.82) is 0 Å². The van der Waals surface area contributed by atoms with Gasteiger partial charge >= 0.3 is 0 Å². The summed E-state index contributed by atoms with van der Waals surface area (Å²) in [6, 6.07) is 57.4. The Morgan fingerprint density at radius 1 is 0.385 bits per heavy atom. The van der Waals surface area contributed by atoms with E-state index >= 15 is 0 Å². The number of rotatable bonds is 4. The number of nitrogens with zero attached hydrogens (tertiary/aromatic N) is 3. The second-order valence-corrected chi connectivity index (χ2v) is 14.3. The maximum Gasteiger partial charge on any atom is 0.167 e. The number of benzene rings is 8. The molecule has 0 amide bonds. The highest BCUT2D eigenvalue weighted by Crippen LogP contribution is 2.43. The first kappa shape index (κ1) is 29.1. The van der Waals surface area contributed by atoms with Crippen LogP contribution in [0.4, 0.5) is 0 Å². The number of fused-ring (bicyclic) bond motifs is 9. The molecule has 0 aliphatic heterocycles. The van der Waals surface area contributed by atoms with Crippen LogP contribution < -0.4 is 0 Å². The molecule has 11 rings (SSSR count).